The van der Waals surface area contributed by atoms with Crippen LogP contribution in [0.1, 0.15) is 18.6 Å². The quantitative estimate of drug-likeness (QED) is 0.899. The maximum atomic E-state index is 9.47. The number of aromatic nitrogens is 1. The van der Waals surface area contributed by atoms with Gasteiger partial charge in [0.05, 0.1) is 16.1 Å². The van der Waals surface area contributed by atoms with Crippen LogP contribution in [0.15, 0.2) is 46.5 Å². The molecule has 1 N–H and O–H groups in total. The van der Waals surface area contributed by atoms with Crippen LogP contribution >= 0.6 is 35.0 Å². The van der Waals surface area contributed by atoms with Gasteiger partial charge in [-0.15, -0.1) is 0 Å². The molecule has 1 aromatic carbocycles. The first-order chi connectivity index (χ1) is 8.58. The molecule has 0 bridgehead atoms. The summed E-state index contributed by atoms with van der Waals surface area (Å²) < 4.78 is 0. The summed E-state index contributed by atoms with van der Waals surface area (Å²) in [4.78, 5) is 5.06. The summed E-state index contributed by atoms with van der Waals surface area (Å²) in [6.45, 7) is 1.70. The van der Waals surface area contributed by atoms with E-state index < -0.39 is 6.10 Å². The molecule has 2 aromatic rings. The molecule has 0 saturated carbocycles. The molecular weight excluding hydrogens is 289 g/mol. The molecule has 5 heteroatoms. The van der Waals surface area contributed by atoms with E-state index in [1.165, 1.54) is 11.8 Å². The zero-order chi connectivity index (χ0) is 13.1. The van der Waals surface area contributed by atoms with Crippen molar-refractivity contribution >= 4 is 35.0 Å². The summed E-state index contributed by atoms with van der Waals surface area (Å²) in [5.41, 5.74) is 0.788. The number of hydrogen-bond acceptors (Lipinski definition) is 3. The Kier molecular flexibility index (Phi) is 4.51. The lowest BCUT2D eigenvalue weighted by molar-refractivity contribution is 0.199. The summed E-state index contributed by atoms with van der Waals surface area (Å²) in [6.07, 6.45) is 1.16. The van der Waals surface area contributed by atoms with Gasteiger partial charge in [0.25, 0.3) is 0 Å². The van der Waals surface area contributed by atoms with Crippen molar-refractivity contribution in [2.75, 3.05) is 0 Å². The number of hydrogen-bond donors (Lipinski definition) is 1. The lowest BCUT2D eigenvalue weighted by Gasteiger charge is -2.09. The van der Waals surface area contributed by atoms with Gasteiger partial charge in [-0.3, -0.25) is 0 Å². The van der Waals surface area contributed by atoms with Crippen LogP contribution in [0.25, 0.3) is 0 Å². The van der Waals surface area contributed by atoms with E-state index in [0.717, 1.165) is 10.5 Å². The van der Waals surface area contributed by atoms with Gasteiger partial charge in [0.1, 0.15) is 5.03 Å². The Morgan fingerprint density at radius 1 is 1.22 bits per heavy atom. The number of benzene rings is 1. The van der Waals surface area contributed by atoms with Gasteiger partial charge in [0.15, 0.2) is 0 Å². The number of pyridine rings is 1. The summed E-state index contributed by atoms with van der Waals surface area (Å²) >= 11 is 13.6. The molecule has 2 nitrogen and oxygen atoms in total. The monoisotopic (exact) mass is 299 g/mol. The SMILES string of the molecule is CC(O)c1ccc(Sc2ncccc2Cl)c(Cl)c1. The fourth-order valence-electron chi connectivity index (χ4n) is 1.41. The van der Waals surface area contributed by atoms with E-state index in [1.54, 1.807) is 31.3 Å². The largest absolute Gasteiger partial charge is 0.389 e. The molecule has 0 spiro atoms. The van der Waals surface area contributed by atoms with Crippen molar-refractivity contribution in [1.82, 2.24) is 4.98 Å². The molecule has 0 radical (unpaired) electrons. The van der Waals surface area contributed by atoms with Crippen LogP contribution in [0, 0.1) is 0 Å². The smallest absolute Gasteiger partial charge is 0.119 e. The highest BCUT2D eigenvalue weighted by Gasteiger charge is 2.09. The second kappa shape index (κ2) is 5.93. The van der Waals surface area contributed by atoms with Crippen LogP contribution in [-0.2, 0) is 0 Å². The van der Waals surface area contributed by atoms with E-state index in [1.807, 2.05) is 12.1 Å². The number of rotatable bonds is 3. The third kappa shape index (κ3) is 3.18. The lowest BCUT2D eigenvalue weighted by atomic mass is 10.1. The molecule has 0 aliphatic carbocycles. The predicted octanol–water partition coefficient (Wildman–Crippen LogP) is 4.59. The third-order valence-electron chi connectivity index (χ3n) is 2.37. The molecule has 0 aliphatic heterocycles. The second-order valence-corrected chi connectivity index (χ2v) is 5.60. The third-order valence-corrected chi connectivity index (χ3v) is 4.31. The molecule has 0 saturated heterocycles. The number of aliphatic hydroxyl groups excluding tert-OH is 1. The highest BCUT2D eigenvalue weighted by molar-refractivity contribution is 7.99. The molecule has 0 amide bonds. The van der Waals surface area contributed by atoms with Crippen LogP contribution in [0.3, 0.4) is 0 Å². The molecule has 1 heterocycles. The molecule has 94 valence electrons. The number of halogens is 2. The van der Waals surface area contributed by atoms with Crippen LogP contribution in [-0.4, -0.2) is 10.1 Å². The molecule has 1 atom stereocenters. The van der Waals surface area contributed by atoms with Gasteiger partial charge in [-0.25, -0.2) is 4.98 Å². The van der Waals surface area contributed by atoms with Crippen molar-refractivity contribution in [2.45, 2.75) is 22.9 Å². The molecule has 0 fully saturated rings. The second-order valence-electron chi connectivity index (χ2n) is 3.76. The highest BCUT2D eigenvalue weighted by atomic mass is 35.5. The Balaban J connectivity index is 2.28. The molecular formula is C13H11Cl2NOS. The topological polar surface area (TPSA) is 33.1 Å². The Morgan fingerprint density at radius 2 is 2.00 bits per heavy atom. The average Bonchev–Trinajstić information content (AvgIpc) is 2.34. The van der Waals surface area contributed by atoms with Gasteiger partial charge in [-0.2, -0.15) is 0 Å². The van der Waals surface area contributed by atoms with Crippen LogP contribution in [0.4, 0.5) is 0 Å². The van der Waals surface area contributed by atoms with Crippen molar-refractivity contribution in [1.29, 1.82) is 0 Å². The Bertz CT molecular complexity index is 560. The Labute approximate surface area is 120 Å². The molecule has 1 unspecified atom stereocenters. The van der Waals surface area contributed by atoms with Crippen molar-refractivity contribution in [2.24, 2.45) is 0 Å². The minimum atomic E-state index is -0.528. The van der Waals surface area contributed by atoms with Gasteiger partial charge in [0, 0.05) is 11.1 Å². The van der Waals surface area contributed by atoms with Crippen molar-refractivity contribution < 1.29 is 5.11 Å². The van der Waals surface area contributed by atoms with E-state index in [4.69, 9.17) is 23.2 Å². The first kappa shape index (κ1) is 13.7. The summed E-state index contributed by atoms with van der Waals surface area (Å²) in [5.74, 6) is 0. The maximum absolute atomic E-state index is 9.47. The van der Waals surface area contributed by atoms with Gasteiger partial charge < -0.3 is 5.11 Å². The van der Waals surface area contributed by atoms with Gasteiger partial charge >= 0.3 is 0 Å². The van der Waals surface area contributed by atoms with Crippen LogP contribution in [0.2, 0.25) is 10.0 Å². The van der Waals surface area contributed by atoms with E-state index in [-0.39, 0.29) is 0 Å². The van der Waals surface area contributed by atoms with Crippen LogP contribution < -0.4 is 0 Å². The molecule has 18 heavy (non-hydrogen) atoms. The van der Waals surface area contributed by atoms with Gasteiger partial charge in [-0.1, -0.05) is 41.0 Å². The fourth-order valence-corrected chi connectivity index (χ4v) is 2.73. The van der Waals surface area contributed by atoms with E-state index in [2.05, 4.69) is 4.98 Å². The predicted molar refractivity (Wildman–Crippen MR) is 75.5 cm³/mol. The van der Waals surface area contributed by atoms with Crippen molar-refractivity contribution in [3.63, 3.8) is 0 Å². The zero-order valence-electron chi connectivity index (χ0n) is 9.60. The zero-order valence-corrected chi connectivity index (χ0v) is 11.9. The first-order valence-electron chi connectivity index (χ1n) is 5.34. The molecule has 1 aromatic heterocycles. The standard InChI is InChI=1S/C13H11Cl2NOS/c1-8(17)9-4-5-12(11(15)7-9)18-13-10(14)3-2-6-16-13/h2-8,17H,1H3. The Hall–Kier alpha value is -0.740. The summed E-state index contributed by atoms with van der Waals surface area (Å²) in [6, 6.07) is 9.03. The summed E-state index contributed by atoms with van der Waals surface area (Å²) in [7, 11) is 0. The van der Waals surface area contributed by atoms with Crippen LogP contribution in [0.5, 0.6) is 0 Å². The van der Waals surface area contributed by atoms with Gasteiger partial charge in [0.2, 0.25) is 0 Å². The fraction of sp³-hybridized carbons (Fsp3) is 0.154. The van der Waals surface area contributed by atoms with E-state index in [9.17, 15) is 5.11 Å². The number of aliphatic hydroxyl groups is 1. The highest BCUT2D eigenvalue weighted by Crippen LogP contribution is 2.36. The maximum Gasteiger partial charge on any atom is 0.119 e. The molecule has 2 rings (SSSR count). The van der Waals surface area contributed by atoms with Crippen molar-refractivity contribution in [3.05, 3.63) is 52.1 Å². The average molecular weight is 300 g/mol. The lowest BCUT2D eigenvalue weighted by Crippen LogP contribution is -1.91. The summed E-state index contributed by atoms with van der Waals surface area (Å²) in [5, 5.41) is 11.4. The van der Waals surface area contributed by atoms with Crippen molar-refractivity contribution in [3.8, 4) is 0 Å². The van der Waals surface area contributed by atoms with E-state index >= 15 is 0 Å². The van der Waals surface area contributed by atoms with E-state index in [0.29, 0.717) is 15.1 Å². The number of nitrogens with zero attached hydrogens (tertiary/aromatic N) is 1. The Morgan fingerprint density at radius 3 is 2.61 bits per heavy atom. The van der Waals surface area contributed by atoms with Gasteiger partial charge in [-0.05, 0) is 36.8 Å². The minimum absolute atomic E-state index is 0.528. The first-order valence-corrected chi connectivity index (χ1v) is 6.91. The normalized spacial score (nSPS) is 12.4. The molecule has 0 aliphatic rings. The minimum Gasteiger partial charge on any atom is -0.389 e.